The Balaban J connectivity index is 1.40. The van der Waals surface area contributed by atoms with Gasteiger partial charge in [0, 0.05) is 23.9 Å². The normalized spacial score (nSPS) is 10.7. The van der Waals surface area contributed by atoms with E-state index in [9.17, 15) is 4.79 Å². The molecule has 0 saturated carbocycles. The Morgan fingerprint density at radius 3 is 2.29 bits per heavy atom. The van der Waals surface area contributed by atoms with Crippen LogP contribution in [0.25, 0.3) is 22.4 Å². The third-order valence-electron chi connectivity index (χ3n) is 4.99. The molecule has 0 spiro atoms. The number of hydrogen-bond donors (Lipinski definition) is 1. The predicted octanol–water partition coefficient (Wildman–Crippen LogP) is 7.26. The summed E-state index contributed by atoms with van der Waals surface area (Å²) in [6.07, 6.45) is 1.66. The molecule has 0 radical (unpaired) electrons. The molecule has 0 aliphatic rings. The van der Waals surface area contributed by atoms with Gasteiger partial charge in [0.25, 0.3) is 0 Å². The largest absolute Gasteiger partial charge is 0.457 e. The lowest BCUT2D eigenvalue weighted by atomic mass is 10.1. The van der Waals surface area contributed by atoms with Gasteiger partial charge in [-0.25, -0.2) is 0 Å². The maximum absolute atomic E-state index is 11.8. The van der Waals surface area contributed by atoms with Gasteiger partial charge in [-0.15, -0.1) is 11.6 Å². The fraction of sp³-hybridized carbons (Fsp3) is 0.0370. The highest BCUT2D eigenvalue weighted by Crippen LogP contribution is 2.37. The standard InChI is InChI=1S/C27H19ClN2O4/c28-17-26(31)30-22-9-5-4-8-21(22)25-16-23-27(34-25)24(14-15-29-23)33-20-12-10-19(11-13-20)32-18-6-2-1-3-7-18/h1-16H,17H2,(H,30,31). The molecule has 0 bridgehead atoms. The number of rotatable bonds is 7. The summed E-state index contributed by atoms with van der Waals surface area (Å²) in [4.78, 5) is 16.2. The van der Waals surface area contributed by atoms with E-state index in [-0.39, 0.29) is 11.8 Å². The minimum absolute atomic E-state index is 0.136. The fourth-order valence-corrected chi connectivity index (χ4v) is 3.51. The number of ether oxygens (including phenoxy) is 2. The molecule has 0 aliphatic heterocycles. The van der Waals surface area contributed by atoms with Crippen molar-refractivity contribution in [3.8, 4) is 34.3 Å². The van der Waals surface area contributed by atoms with Crippen molar-refractivity contribution >= 4 is 34.3 Å². The van der Waals surface area contributed by atoms with E-state index >= 15 is 0 Å². The molecule has 34 heavy (non-hydrogen) atoms. The van der Waals surface area contributed by atoms with Crippen LogP contribution in [0.1, 0.15) is 0 Å². The SMILES string of the molecule is O=C(CCl)Nc1ccccc1-c1cc2nccc(Oc3ccc(Oc4ccccc4)cc3)c2o1. The monoisotopic (exact) mass is 470 g/mol. The van der Waals surface area contributed by atoms with Crippen LogP contribution in [0.3, 0.4) is 0 Å². The topological polar surface area (TPSA) is 73.6 Å². The van der Waals surface area contributed by atoms with Crippen molar-refractivity contribution in [3.63, 3.8) is 0 Å². The zero-order chi connectivity index (χ0) is 23.3. The van der Waals surface area contributed by atoms with Crippen LogP contribution in [-0.2, 0) is 4.79 Å². The molecule has 0 atom stereocenters. The number of furan rings is 1. The number of alkyl halides is 1. The van der Waals surface area contributed by atoms with Crippen LogP contribution in [0, 0.1) is 0 Å². The van der Waals surface area contributed by atoms with Crippen LogP contribution in [0.15, 0.2) is 102 Å². The number of para-hydroxylation sites is 2. The minimum Gasteiger partial charge on any atom is -0.457 e. The number of halogens is 1. The Hall–Kier alpha value is -4.29. The van der Waals surface area contributed by atoms with E-state index < -0.39 is 0 Å². The lowest BCUT2D eigenvalue weighted by Gasteiger charge is -2.09. The third kappa shape index (κ3) is 4.72. The number of carbonyl (C=O) groups excluding carboxylic acids is 1. The van der Waals surface area contributed by atoms with Crippen molar-refractivity contribution in [2.75, 3.05) is 11.2 Å². The second kappa shape index (κ2) is 9.68. The van der Waals surface area contributed by atoms with E-state index in [2.05, 4.69) is 10.3 Å². The summed E-state index contributed by atoms with van der Waals surface area (Å²) in [5, 5.41) is 2.79. The first kappa shape index (κ1) is 21.6. The lowest BCUT2D eigenvalue weighted by molar-refractivity contribution is -0.113. The smallest absolute Gasteiger partial charge is 0.239 e. The number of anilines is 1. The molecule has 0 aliphatic carbocycles. The second-order valence-corrected chi connectivity index (χ2v) is 7.62. The fourth-order valence-electron chi connectivity index (χ4n) is 3.45. The van der Waals surface area contributed by atoms with Gasteiger partial charge < -0.3 is 19.2 Å². The summed E-state index contributed by atoms with van der Waals surface area (Å²) in [6.45, 7) is 0. The molecule has 0 saturated heterocycles. The zero-order valence-corrected chi connectivity index (χ0v) is 18.7. The highest BCUT2D eigenvalue weighted by molar-refractivity contribution is 6.29. The van der Waals surface area contributed by atoms with Gasteiger partial charge >= 0.3 is 0 Å². The molecule has 5 aromatic rings. The average Bonchev–Trinajstić information content (AvgIpc) is 3.31. The maximum atomic E-state index is 11.8. The zero-order valence-electron chi connectivity index (χ0n) is 17.9. The third-order valence-corrected chi connectivity index (χ3v) is 5.24. The van der Waals surface area contributed by atoms with Gasteiger partial charge in [-0.1, -0.05) is 30.3 Å². The van der Waals surface area contributed by atoms with E-state index in [1.54, 1.807) is 18.3 Å². The molecule has 7 heteroatoms. The summed E-state index contributed by atoms with van der Waals surface area (Å²) in [7, 11) is 0. The summed E-state index contributed by atoms with van der Waals surface area (Å²) in [5.74, 6) is 2.73. The molecular formula is C27H19ClN2O4. The summed E-state index contributed by atoms with van der Waals surface area (Å²) >= 11 is 5.64. The van der Waals surface area contributed by atoms with Crippen LogP contribution in [0.4, 0.5) is 5.69 Å². The molecule has 3 aromatic carbocycles. The van der Waals surface area contributed by atoms with Crippen molar-refractivity contribution in [1.82, 2.24) is 4.98 Å². The number of nitrogens with zero attached hydrogens (tertiary/aromatic N) is 1. The average molecular weight is 471 g/mol. The Kier molecular flexibility index (Phi) is 6.14. The number of aromatic nitrogens is 1. The van der Waals surface area contributed by atoms with Gasteiger partial charge in [-0.3, -0.25) is 9.78 Å². The Bertz CT molecular complexity index is 1430. The molecule has 1 N–H and O–H groups in total. The van der Waals surface area contributed by atoms with Crippen molar-refractivity contribution in [2.24, 2.45) is 0 Å². The van der Waals surface area contributed by atoms with Crippen molar-refractivity contribution in [2.45, 2.75) is 0 Å². The summed E-state index contributed by atoms with van der Waals surface area (Å²) < 4.78 is 18.0. The van der Waals surface area contributed by atoms with E-state index in [0.717, 1.165) is 5.75 Å². The van der Waals surface area contributed by atoms with Crippen molar-refractivity contribution in [3.05, 3.63) is 97.2 Å². The van der Waals surface area contributed by atoms with Crippen LogP contribution < -0.4 is 14.8 Å². The molecule has 1 amide bonds. The number of benzene rings is 3. The van der Waals surface area contributed by atoms with Crippen LogP contribution in [0.5, 0.6) is 23.0 Å². The number of fused-ring (bicyclic) bond motifs is 1. The van der Waals surface area contributed by atoms with Gasteiger partial charge in [-0.2, -0.15) is 0 Å². The number of hydrogen-bond acceptors (Lipinski definition) is 5. The molecule has 2 heterocycles. The summed E-state index contributed by atoms with van der Waals surface area (Å²) in [5.41, 5.74) is 2.45. The Morgan fingerprint density at radius 1 is 0.853 bits per heavy atom. The quantitative estimate of drug-likeness (QED) is 0.253. The van der Waals surface area contributed by atoms with Crippen molar-refractivity contribution in [1.29, 1.82) is 0 Å². The van der Waals surface area contributed by atoms with Crippen LogP contribution >= 0.6 is 11.6 Å². The first-order valence-electron chi connectivity index (χ1n) is 10.5. The number of pyridine rings is 1. The van der Waals surface area contributed by atoms with E-state index in [1.165, 1.54) is 0 Å². The predicted molar refractivity (Wildman–Crippen MR) is 132 cm³/mol. The van der Waals surface area contributed by atoms with Gasteiger partial charge in [0.2, 0.25) is 5.91 Å². The van der Waals surface area contributed by atoms with Crippen molar-refractivity contribution < 1.29 is 18.7 Å². The van der Waals surface area contributed by atoms with Gasteiger partial charge in [0.05, 0.1) is 5.69 Å². The first-order valence-corrected chi connectivity index (χ1v) is 11.1. The molecule has 0 unspecified atom stereocenters. The van der Waals surface area contributed by atoms with Crippen LogP contribution in [-0.4, -0.2) is 16.8 Å². The molecule has 6 nitrogen and oxygen atoms in total. The molecular weight excluding hydrogens is 452 g/mol. The Labute approximate surface area is 200 Å². The molecule has 0 fully saturated rings. The van der Waals surface area contributed by atoms with E-state index in [4.69, 9.17) is 25.5 Å². The van der Waals surface area contributed by atoms with Gasteiger partial charge in [0.1, 0.15) is 34.4 Å². The summed E-state index contributed by atoms with van der Waals surface area (Å²) in [6, 6.07) is 27.8. The molecule has 5 rings (SSSR count). The molecule has 2 aromatic heterocycles. The van der Waals surface area contributed by atoms with Gasteiger partial charge in [-0.05, 0) is 48.5 Å². The number of carbonyl (C=O) groups is 1. The van der Waals surface area contributed by atoms with Crippen LogP contribution in [0.2, 0.25) is 0 Å². The van der Waals surface area contributed by atoms with Gasteiger partial charge in [0.15, 0.2) is 11.3 Å². The lowest BCUT2D eigenvalue weighted by Crippen LogP contribution is -2.13. The first-order chi connectivity index (χ1) is 16.7. The second-order valence-electron chi connectivity index (χ2n) is 7.35. The van der Waals surface area contributed by atoms with E-state index in [0.29, 0.717) is 45.4 Å². The maximum Gasteiger partial charge on any atom is 0.239 e. The van der Waals surface area contributed by atoms with E-state index in [1.807, 2.05) is 78.9 Å². The number of amides is 1. The molecule has 168 valence electrons. The Morgan fingerprint density at radius 2 is 1.53 bits per heavy atom. The highest BCUT2D eigenvalue weighted by Gasteiger charge is 2.16. The number of nitrogens with one attached hydrogen (secondary N) is 1. The highest BCUT2D eigenvalue weighted by atomic mass is 35.5. The minimum atomic E-state index is -0.299.